The smallest absolute Gasteiger partial charge is 0.132 e. The highest BCUT2D eigenvalue weighted by atomic mass is 19.1. The number of halogens is 1. The highest BCUT2D eigenvalue weighted by Gasteiger charge is 2.34. The molecule has 104 valence electrons. The molecule has 0 aliphatic heterocycles. The second-order valence-electron chi connectivity index (χ2n) is 5.06. The van der Waals surface area contributed by atoms with Crippen molar-refractivity contribution in [3.63, 3.8) is 0 Å². The first-order chi connectivity index (χ1) is 9.69. The molecule has 1 aromatic carbocycles. The molecule has 20 heavy (non-hydrogen) atoms. The molecule has 1 aromatic heterocycles. The molecule has 1 saturated carbocycles. The lowest BCUT2D eigenvalue weighted by Gasteiger charge is -2.08. The van der Waals surface area contributed by atoms with Gasteiger partial charge in [0.15, 0.2) is 0 Å². The minimum Gasteiger partial charge on any atom is -0.494 e. The monoisotopic (exact) mass is 272 g/mol. The molecule has 2 aromatic rings. The largest absolute Gasteiger partial charge is 0.494 e. The summed E-state index contributed by atoms with van der Waals surface area (Å²) in [6.45, 7) is 2.45. The highest BCUT2D eigenvalue weighted by Crippen LogP contribution is 2.39. The molecule has 1 fully saturated rings. The van der Waals surface area contributed by atoms with E-state index >= 15 is 0 Å². The van der Waals surface area contributed by atoms with Crippen molar-refractivity contribution in [2.45, 2.75) is 25.3 Å². The first-order valence-electron chi connectivity index (χ1n) is 6.83. The molecule has 2 atom stereocenters. The van der Waals surface area contributed by atoms with E-state index in [1.165, 1.54) is 6.07 Å². The summed E-state index contributed by atoms with van der Waals surface area (Å²) in [7, 11) is 0. The summed E-state index contributed by atoms with van der Waals surface area (Å²) in [6.07, 6.45) is 2.80. The number of pyridine rings is 1. The fraction of sp³-hybridized carbons (Fsp3) is 0.312. The van der Waals surface area contributed by atoms with Crippen molar-refractivity contribution >= 4 is 0 Å². The van der Waals surface area contributed by atoms with Crippen molar-refractivity contribution in [1.29, 1.82) is 0 Å². The molecule has 1 heterocycles. The number of benzene rings is 1. The predicted molar refractivity (Wildman–Crippen MR) is 76.1 cm³/mol. The van der Waals surface area contributed by atoms with E-state index in [1.54, 1.807) is 18.3 Å². The molecule has 1 aliphatic rings. The van der Waals surface area contributed by atoms with Crippen molar-refractivity contribution < 1.29 is 9.13 Å². The first-order valence-corrected chi connectivity index (χ1v) is 6.83. The molecule has 3 rings (SSSR count). The number of nitrogens with zero attached hydrogens (tertiary/aromatic N) is 1. The molecule has 0 spiro atoms. The van der Waals surface area contributed by atoms with Crippen LogP contribution in [0.15, 0.2) is 36.5 Å². The Morgan fingerprint density at radius 1 is 1.35 bits per heavy atom. The summed E-state index contributed by atoms with van der Waals surface area (Å²) in [4.78, 5) is 4.36. The molecule has 0 bridgehead atoms. The van der Waals surface area contributed by atoms with Crippen LogP contribution in [0.4, 0.5) is 4.39 Å². The standard InChI is InChI=1S/C16H17FN2O/c1-2-20-11-4-5-14(17)13(7-11)16-6-3-10(9-19-16)12-8-15(12)18/h3-7,9,12,15H,2,8,18H2,1H3/t12-,15+/m0/s1. The van der Waals surface area contributed by atoms with Crippen LogP contribution in [0.3, 0.4) is 0 Å². The van der Waals surface area contributed by atoms with Crippen molar-refractivity contribution in [1.82, 2.24) is 4.98 Å². The Hall–Kier alpha value is -1.94. The number of hydrogen-bond donors (Lipinski definition) is 1. The van der Waals surface area contributed by atoms with Gasteiger partial charge in [-0.3, -0.25) is 4.98 Å². The fourth-order valence-electron chi connectivity index (χ4n) is 2.34. The number of ether oxygens (including phenoxy) is 1. The van der Waals surface area contributed by atoms with Crippen molar-refractivity contribution in [3.8, 4) is 17.0 Å². The van der Waals surface area contributed by atoms with Gasteiger partial charge in [0.1, 0.15) is 11.6 Å². The summed E-state index contributed by atoms with van der Waals surface area (Å²) in [6, 6.07) is 8.79. The fourth-order valence-corrected chi connectivity index (χ4v) is 2.34. The maximum Gasteiger partial charge on any atom is 0.132 e. The minimum atomic E-state index is -0.295. The van der Waals surface area contributed by atoms with Gasteiger partial charge in [-0.15, -0.1) is 0 Å². The summed E-state index contributed by atoms with van der Waals surface area (Å²) >= 11 is 0. The van der Waals surface area contributed by atoms with E-state index in [0.717, 1.165) is 12.0 Å². The van der Waals surface area contributed by atoms with E-state index in [4.69, 9.17) is 10.5 Å². The van der Waals surface area contributed by atoms with Crippen LogP contribution in [0.5, 0.6) is 5.75 Å². The van der Waals surface area contributed by atoms with Gasteiger partial charge in [0.2, 0.25) is 0 Å². The lowest BCUT2D eigenvalue weighted by Crippen LogP contribution is -2.01. The maximum absolute atomic E-state index is 13.9. The third-order valence-electron chi connectivity index (χ3n) is 3.58. The summed E-state index contributed by atoms with van der Waals surface area (Å²) in [5.74, 6) is 0.770. The van der Waals surface area contributed by atoms with E-state index in [1.807, 2.05) is 19.1 Å². The molecule has 1 aliphatic carbocycles. The molecule has 2 N–H and O–H groups in total. The summed E-state index contributed by atoms with van der Waals surface area (Å²) < 4.78 is 19.3. The van der Waals surface area contributed by atoms with Crippen LogP contribution in [-0.4, -0.2) is 17.6 Å². The average Bonchev–Trinajstić information content (AvgIpc) is 3.19. The Bertz CT molecular complexity index is 612. The van der Waals surface area contributed by atoms with Crippen LogP contribution < -0.4 is 10.5 Å². The predicted octanol–water partition coefficient (Wildman–Crippen LogP) is 3.10. The van der Waals surface area contributed by atoms with Crippen LogP contribution >= 0.6 is 0 Å². The second kappa shape index (κ2) is 5.21. The molecule has 0 radical (unpaired) electrons. The minimum absolute atomic E-state index is 0.251. The van der Waals surface area contributed by atoms with Crippen molar-refractivity contribution in [3.05, 3.63) is 47.9 Å². The van der Waals surface area contributed by atoms with Gasteiger partial charge < -0.3 is 10.5 Å². The molecule has 0 saturated heterocycles. The van der Waals surface area contributed by atoms with Gasteiger partial charge in [-0.2, -0.15) is 0 Å². The van der Waals surface area contributed by atoms with Crippen LogP contribution in [0.1, 0.15) is 24.8 Å². The number of aromatic nitrogens is 1. The Morgan fingerprint density at radius 3 is 2.75 bits per heavy atom. The van der Waals surface area contributed by atoms with Gasteiger partial charge >= 0.3 is 0 Å². The van der Waals surface area contributed by atoms with Gasteiger partial charge in [-0.25, -0.2) is 4.39 Å². The number of rotatable bonds is 4. The van der Waals surface area contributed by atoms with E-state index in [-0.39, 0.29) is 11.9 Å². The Balaban J connectivity index is 1.89. The van der Waals surface area contributed by atoms with Gasteiger partial charge in [0.05, 0.1) is 12.3 Å². The molecular weight excluding hydrogens is 255 g/mol. The lowest BCUT2D eigenvalue weighted by molar-refractivity contribution is 0.340. The molecular formula is C16H17FN2O. The van der Waals surface area contributed by atoms with Crippen LogP contribution in [0.2, 0.25) is 0 Å². The van der Waals surface area contributed by atoms with Gasteiger partial charge in [-0.05, 0) is 43.2 Å². The zero-order valence-electron chi connectivity index (χ0n) is 11.3. The van der Waals surface area contributed by atoms with E-state index in [9.17, 15) is 4.39 Å². The third-order valence-corrected chi connectivity index (χ3v) is 3.58. The Kier molecular flexibility index (Phi) is 3.40. The molecule has 0 amide bonds. The average molecular weight is 272 g/mol. The van der Waals surface area contributed by atoms with E-state index < -0.39 is 0 Å². The Labute approximate surface area is 117 Å². The van der Waals surface area contributed by atoms with E-state index in [2.05, 4.69) is 4.98 Å². The van der Waals surface area contributed by atoms with Gasteiger partial charge in [0, 0.05) is 23.7 Å². The highest BCUT2D eigenvalue weighted by molar-refractivity contribution is 5.62. The summed E-state index contributed by atoms with van der Waals surface area (Å²) in [5.41, 5.74) is 8.02. The SMILES string of the molecule is CCOc1ccc(F)c(-c2ccc([C@@H]3C[C@H]3N)cn2)c1. The van der Waals surface area contributed by atoms with Crippen molar-refractivity contribution in [2.75, 3.05) is 6.61 Å². The number of hydrogen-bond acceptors (Lipinski definition) is 3. The maximum atomic E-state index is 13.9. The Morgan fingerprint density at radius 2 is 2.15 bits per heavy atom. The number of nitrogens with two attached hydrogens (primary N) is 1. The first kappa shape index (κ1) is 13.1. The van der Waals surface area contributed by atoms with Crippen LogP contribution in [-0.2, 0) is 0 Å². The zero-order valence-corrected chi connectivity index (χ0v) is 11.3. The van der Waals surface area contributed by atoms with Crippen molar-refractivity contribution in [2.24, 2.45) is 5.73 Å². The van der Waals surface area contributed by atoms with Gasteiger partial charge in [-0.1, -0.05) is 6.07 Å². The quantitative estimate of drug-likeness (QED) is 0.930. The second-order valence-corrected chi connectivity index (χ2v) is 5.06. The third kappa shape index (κ3) is 2.51. The molecule has 4 heteroatoms. The normalized spacial score (nSPS) is 20.8. The topological polar surface area (TPSA) is 48.1 Å². The van der Waals surface area contributed by atoms with Gasteiger partial charge in [0.25, 0.3) is 0 Å². The zero-order chi connectivity index (χ0) is 14.1. The molecule has 3 nitrogen and oxygen atoms in total. The lowest BCUT2D eigenvalue weighted by atomic mass is 10.1. The van der Waals surface area contributed by atoms with Crippen LogP contribution in [0.25, 0.3) is 11.3 Å². The van der Waals surface area contributed by atoms with E-state index in [0.29, 0.717) is 29.5 Å². The summed E-state index contributed by atoms with van der Waals surface area (Å²) in [5, 5.41) is 0. The van der Waals surface area contributed by atoms with Crippen LogP contribution in [0, 0.1) is 5.82 Å². The molecule has 0 unspecified atom stereocenters.